The Morgan fingerprint density at radius 3 is 2.40 bits per heavy atom. The van der Waals surface area contributed by atoms with Gasteiger partial charge in [0.05, 0.1) is 5.69 Å². The van der Waals surface area contributed by atoms with E-state index in [-0.39, 0.29) is 19.1 Å². The molecular formula is C11H18N2O2. The number of carbonyl (C=O) groups excluding carboxylic acids is 1. The summed E-state index contributed by atoms with van der Waals surface area (Å²) in [6.45, 7) is 1.43. The van der Waals surface area contributed by atoms with Gasteiger partial charge in [0.15, 0.2) is 0 Å². The zero-order valence-corrected chi connectivity index (χ0v) is 8.53. The Kier molecular flexibility index (Phi) is 4.64. The van der Waals surface area contributed by atoms with Crippen molar-refractivity contribution in [3.63, 3.8) is 0 Å². The number of phenolic OH excluding ortho intramolecular Hbond substituents is 1. The van der Waals surface area contributed by atoms with Crippen LogP contribution in [0.25, 0.3) is 0 Å². The van der Waals surface area contributed by atoms with Gasteiger partial charge in [-0.3, -0.25) is 4.79 Å². The number of rotatable bonds is 2. The van der Waals surface area contributed by atoms with Crippen LogP contribution in [-0.4, -0.2) is 25.1 Å². The summed E-state index contributed by atoms with van der Waals surface area (Å²) in [5.74, 6) is 0.00301. The molecule has 15 heavy (non-hydrogen) atoms. The van der Waals surface area contributed by atoms with Crippen LogP contribution in [0.1, 0.15) is 14.4 Å². The highest BCUT2D eigenvalue weighted by atomic mass is 16.3. The second kappa shape index (κ2) is 5.24. The van der Waals surface area contributed by atoms with Crippen molar-refractivity contribution in [2.24, 2.45) is 0 Å². The Hall–Kier alpha value is -1.71. The maximum atomic E-state index is 10.7. The van der Waals surface area contributed by atoms with Crippen LogP contribution in [0.4, 0.5) is 11.4 Å². The first kappa shape index (κ1) is 13.3. The maximum Gasteiger partial charge on any atom is 0.221 e. The molecule has 1 aromatic rings. The molecular weight excluding hydrogens is 192 g/mol. The summed E-state index contributed by atoms with van der Waals surface area (Å²) in [4.78, 5) is 12.5. The Balaban J connectivity index is 0.00000196. The van der Waals surface area contributed by atoms with Gasteiger partial charge in [-0.15, -0.1) is 0 Å². The van der Waals surface area contributed by atoms with Gasteiger partial charge in [-0.1, -0.05) is 7.43 Å². The molecule has 2 N–H and O–H groups in total. The molecule has 0 fully saturated rings. The van der Waals surface area contributed by atoms with Gasteiger partial charge in [0.2, 0.25) is 5.91 Å². The molecule has 0 atom stereocenters. The smallest absolute Gasteiger partial charge is 0.221 e. The predicted octanol–water partition coefficient (Wildman–Crippen LogP) is 2.05. The molecule has 4 nitrogen and oxygen atoms in total. The largest absolute Gasteiger partial charge is 0.506 e. The average molecular weight is 210 g/mol. The van der Waals surface area contributed by atoms with E-state index in [9.17, 15) is 9.90 Å². The maximum absolute atomic E-state index is 10.7. The van der Waals surface area contributed by atoms with Crippen LogP contribution in [0, 0.1) is 0 Å². The van der Waals surface area contributed by atoms with Gasteiger partial charge < -0.3 is 15.3 Å². The van der Waals surface area contributed by atoms with E-state index in [0.717, 1.165) is 5.69 Å². The van der Waals surface area contributed by atoms with E-state index in [4.69, 9.17) is 0 Å². The third-order valence-corrected chi connectivity index (χ3v) is 1.78. The molecule has 0 radical (unpaired) electrons. The molecule has 1 aromatic carbocycles. The standard InChI is InChI=1S/C10H14N2O2.CH4/c1-7(13)11-8-4-5-9(12(2)3)10(14)6-8;/h4-6,14H,1-3H3,(H,11,13);1H4. The highest BCUT2D eigenvalue weighted by Gasteiger charge is 2.04. The van der Waals surface area contributed by atoms with E-state index in [1.807, 2.05) is 14.1 Å². The summed E-state index contributed by atoms with van der Waals surface area (Å²) in [6.07, 6.45) is 0. The molecule has 0 aliphatic carbocycles. The molecule has 0 aliphatic heterocycles. The van der Waals surface area contributed by atoms with Crippen LogP contribution >= 0.6 is 0 Å². The Labute approximate surface area is 90.5 Å². The topological polar surface area (TPSA) is 52.6 Å². The third kappa shape index (κ3) is 3.50. The van der Waals surface area contributed by atoms with Gasteiger partial charge in [-0.05, 0) is 12.1 Å². The number of anilines is 2. The summed E-state index contributed by atoms with van der Waals surface area (Å²) < 4.78 is 0. The zero-order chi connectivity index (χ0) is 10.7. The van der Waals surface area contributed by atoms with E-state index in [0.29, 0.717) is 5.69 Å². The lowest BCUT2D eigenvalue weighted by molar-refractivity contribution is -0.114. The fourth-order valence-corrected chi connectivity index (χ4v) is 1.18. The summed E-state index contributed by atoms with van der Waals surface area (Å²) in [6, 6.07) is 5.02. The van der Waals surface area contributed by atoms with Crippen molar-refractivity contribution in [3.8, 4) is 5.75 Å². The first-order chi connectivity index (χ1) is 6.50. The Bertz CT molecular complexity index is 348. The van der Waals surface area contributed by atoms with Crippen LogP contribution in [0.3, 0.4) is 0 Å². The molecule has 0 aliphatic rings. The van der Waals surface area contributed by atoms with Crippen molar-refractivity contribution in [3.05, 3.63) is 18.2 Å². The van der Waals surface area contributed by atoms with E-state index >= 15 is 0 Å². The lowest BCUT2D eigenvalue weighted by Crippen LogP contribution is -2.10. The number of hydrogen-bond acceptors (Lipinski definition) is 3. The molecule has 4 heteroatoms. The van der Waals surface area contributed by atoms with E-state index < -0.39 is 0 Å². The molecule has 0 unspecified atom stereocenters. The third-order valence-electron chi connectivity index (χ3n) is 1.78. The lowest BCUT2D eigenvalue weighted by atomic mass is 10.2. The summed E-state index contributed by atoms with van der Waals surface area (Å²) >= 11 is 0. The molecule has 1 rings (SSSR count). The second-order valence-corrected chi connectivity index (χ2v) is 3.28. The molecule has 84 valence electrons. The van der Waals surface area contributed by atoms with Crippen molar-refractivity contribution in [2.75, 3.05) is 24.3 Å². The average Bonchev–Trinajstić information content (AvgIpc) is 2.01. The number of carbonyl (C=O) groups is 1. The molecule has 0 aromatic heterocycles. The minimum absolute atomic E-state index is 0. The summed E-state index contributed by atoms with van der Waals surface area (Å²) in [5, 5.41) is 12.2. The summed E-state index contributed by atoms with van der Waals surface area (Å²) in [7, 11) is 3.68. The fourth-order valence-electron chi connectivity index (χ4n) is 1.18. The van der Waals surface area contributed by atoms with Crippen molar-refractivity contribution >= 4 is 17.3 Å². The van der Waals surface area contributed by atoms with Gasteiger partial charge in [0.1, 0.15) is 5.75 Å². The van der Waals surface area contributed by atoms with Crippen LogP contribution in [0.2, 0.25) is 0 Å². The van der Waals surface area contributed by atoms with Crippen molar-refractivity contribution in [2.45, 2.75) is 14.4 Å². The van der Waals surface area contributed by atoms with Crippen LogP contribution < -0.4 is 10.2 Å². The normalized spacial score (nSPS) is 9.00. The molecule has 0 bridgehead atoms. The van der Waals surface area contributed by atoms with E-state index in [1.54, 1.807) is 17.0 Å². The van der Waals surface area contributed by atoms with Gasteiger partial charge in [0, 0.05) is 32.8 Å². The van der Waals surface area contributed by atoms with E-state index in [1.165, 1.54) is 13.0 Å². The van der Waals surface area contributed by atoms with Gasteiger partial charge in [0.25, 0.3) is 0 Å². The number of nitrogens with one attached hydrogen (secondary N) is 1. The van der Waals surface area contributed by atoms with Crippen LogP contribution in [0.5, 0.6) is 5.75 Å². The van der Waals surface area contributed by atoms with Crippen LogP contribution in [0.15, 0.2) is 18.2 Å². The number of aromatic hydroxyl groups is 1. The summed E-state index contributed by atoms with van der Waals surface area (Å²) in [5.41, 5.74) is 1.32. The monoisotopic (exact) mass is 210 g/mol. The Morgan fingerprint density at radius 1 is 1.40 bits per heavy atom. The Morgan fingerprint density at radius 2 is 2.00 bits per heavy atom. The predicted molar refractivity (Wildman–Crippen MR) is 63.5 cm³/mol. The first-order valence-corrected chi connectivity index (χ1v) is 4.28. The van der Waals surface area contributed by atoms with Gasteiger partial charge in [-0.25, -0.2) is 0 Å². The van der Waals surface area contributed by atoms with Crippen molar-refractivity contribution < 1.29 is 9.90 Å². The zero-order valence-electron chi connectivity index (χ0n) is 8.53. The number of phenols is 1. The number of benzene rings is 1. The highest BCUT2D eigenvalue weighted by molar-refractivity contribution is 5.89. The van der Waals surface area contributed by atoms with Crippen molar-refractivity contribution in [1.29, 1.82) is 0 Å². The molecule has 0 spiro atoms. The first-order valence-electron chi connectivity index (χ1n) is 4.28. The van der Waals surface area contributed by atoms with Gasteiger partial charge in [-0.2, -0.15) is 0 Å². The molecule has 0 saturated carbocycles. The van der Waals surface area contributed by atoms with Crippen LogP contribution in [-0.2, 0) is 4.79 Å². The van der Waals surface area contributed by atoms with Crippen molar-refractivity contribution in [1.82, 2.24) is 0 Å². The second-order valence-electron chi connectivity index (χ2n) is 3.28. The number of hydrogen-bond donors (Lipinski definition) is 2. The minimum Gasteiger partial charge on any atom is -0.506 e. The molecule has 0 heterocycles. The molecule has 1 amide bonds. The van der Waals surface area contributed by atoms with Gasteiger partial charge >= 0.3 is 0 Å². The lowest BCUT2D eigenvalue weighted by Gasteiger charge is -2.14. The SMILES string of the molecule is C.CC(=O)Nc1ccc(N(C)C)c(O)c1. The number of amides is 1. The minimum atomic E-state index is -0.151. The quantitative estimate of drug-likeness (QED) is 0.785. The highest BCUT2D eigenvalue weighted by Crippen LogP contribution is 2.28. The number of nitrogens with zero attached hydrogens (tertiary/aromatic N) is 1. The fraction of sp³-hybridized carbons (Fsp3) is 0.364. The van der Waals surface area contributed by atoms with E-state index in [2.05, 4.69) is 5.32 Å². The molecule has 0 saturated heterocycles.